The Balaban J connectivity index is 2.57. The monoisotopic (exact) mass is 342 g/mol. The molecule has 0 aromatic heterocycles. The maximum atomic E-state index is 10.3. The smallest absolute Gasteiger partial charge is 0.186 e. The SMILES string of the molecule is O=C[C@@H](O)[C@H](O)[C@@H](O)[C@@H](O)CO[C@H]1O[C@@H](CO)[C@H](O)[C@@H](O)[C@@H]1O. The lowest BCUT2D eigenvalue weighted by atomic mass is 9.99. The van der Waals surface area contributed by atoms with Gasteiger partial charge in [-0.05, 0) is 0 Å². The van der Waals surface area contributed by atoms with Crippen molar-refractivity contribution in [2.45, 2.75) is 55.1 Å². The summed E-state index contributed by atoms with van der Waals surface area (Å²) in [5, 5.41) is 75.4. The molecule has 8 N–H and O–H groups in total. The molecule has 11 nitrogen and oxygen atoms in total. The van der Waals surface area contributed by atoms with Crippen LogP contribution < -0.4 is 0 Å². The van der Waals surface area contributed by atoms with Crippen molar-refractivity contribution < 1.29 is 55.1 Å². The third-order valence-corrected chi connectivity index (χ3v) is 3.51. The van der Waals surface area contributed by atoms with Crippen LogP contribution in [0.2, 0.25) is 0 Å². The molecule has 11 heteroatoms. The lowest BCUT2D eigenvalue weighted by Crippen LogP contribution is -2.59. The van der Waals surface area contributed by atoms with Crippen LogP contribution in [0.4, 0.5) is 0 Å². The molecule has 9 atom stereocenters. The molecule has 1 saturated heterocycles. The Morgan fingerprint density at radius 3 is 2.13 bits per heavy atom. The average molecular weight is 342 g/mol. The standard InChI is InChI=1S/C12H22O11/c13-1-4(15)7(17)8(18)5(16)3-22-12-11(21)10(20)9(19)6(2-14)23-12/h1,4-12,14-21H,2-3H2/t4-,5+,6+,7+,8+,9+,10-,11+,12+/m1/s1. The topological polar surface area (TPSA) is 197 Å². The van der Waals surface area contributed by atoms with Gasteiger partial charge in [0.15, 0.2) is 12.6 Å². The first kappa shape index (κ1) is 20.3. The number of carbonyl (C=O) groups excluding carboxylic acids is 1. The van der Waals surface area contributed by atoms with Gasteiger partial charge in [0.25, 0.3) is 0 Å². The molecule has 1 fully saturated rings. The first-order chi connectivity index (χ1) is 10.7. The van der Waals surface area contributed by atoms with Gasteiger partial charge < -0.3 is 55.1 Å². The van der Waals surface area contributed by atoms with E-state index in [4.69, 9.17) is 19.7 Å². The highest BCUT2D eigenvalue weighted by Crippen LogP contribution is 2.22. The second kappa shape index (κ2) is 8.94. The highest BCUT2D eigenvalue weighted by Gasteiger charge is 2.44. The number of rotatable bonds is 8. The number of aliphatic hydroxyl groups excluding tert-OH is 8. The van der Waals surface area contributed by atoms with E-state index in [1.54, 1.807) is 0 Å². The summed E-state index contributed by atoms with van der Waals surface area (Å²) in [5.41, 5.74) is 0. The van der Waals surface area contributed by atoms with Crippen molar-refractivity contribution in [1.82, 2.24) is 0 Å². The van der Waals surface area contributed by atoms with Gasteiger partial charge in [-0.3, -0.25) is 0 Å². The third-order valence-electron chi connectivity index (χ3n) is 3.51. The van der Waals surface area contributed by atoms with Gasteiger partial charge in [-0.1, -0.05) is 0 Å². The Labute approximate surface area is 130 Å². The summed E-state index contributed by atoms with van der Waals surface area (Å²) in [7, 11) is 0. The Kier molecular flexibility index (Phi) is 7.89. The van der Waals surface area contributed by atoms with Crippen LogP contribution in [0.25, 0.3) is 0 Å². The van der Waals surface area contributed by atoms with E-state index in [1.165, 1.54) is 0 Å². The molecule has 1 aliphatic rings. The van der Waals surface area contributed by atoms with Gasteiger partial charge in [0, 0.05) is 0 Å². The minimum Gasteiger partial charge on any atom is -0.394 e. The fourth-order valence-corrected chi connectivity index (χ4v) is 2.01. The van der Waals surface area contributed by atoms with Crippen LogP contribution in [0.1, 0.15) is 0 Å². The summed E-state index contributed by atoms with van der Waals surface area (Å²) in [6.45, 7) is -1.37. The van der Waals surface area contributed by atoms with E-state index in [9.17, 15) is 35.4 Å². The van der Waals surface area contributed by atoms with Crippen molar-refractivity contribution in [2.75, 3.05) is 13.2 Å². The zero-order valence-electron chi connectivity index (χ0n) is 12.0. The number of aliphatic hydroxyl groups is 8. The van der Waals surface area contributed by atoms with Gasteiger partial charge in [0.05, 0.1) is 13.2 Å². The van der Waals surface area contributed by atoms with Crippen LogP contribution in [0.15, 0.2) is 0 Å². The largest absolute Gasteiger partial charge is 0.394 e. The third kappa shape index (κ3) is 4.87. The van der Waals surface area contributed by atoms with Crippen molar-refractivity contribution in [3.05, 3.63) is 0 Å². The molecular weight excluding hydrogens is 320 g/mol. The van der Waals surface area contributed by atoms with E-state index in [0.29, 0.717) is 0 Å². The molecule has 0 amide bonds. The lowest BCUT2D eigenvalue weighted by molar-refractivity contribution is -0.306. The second-order valence-electron chi connectivity index (χ2n) is 5.21. The Bertz CT molecular complexity index is 365. The zero-order valence-corrected chi connectivity index (χ0v) is 12.0. The summed E-state index contributed by atoms with van der Waals surface area (Å²) in [4.78, 5) is 10.3. The molecule has 136 valence electrons. The molecule has 0 radical (unpaired) electrons. The predicted molar refractivity (Wildman–Crippen MR) is 69.8 cm³/mol. The number of aldehydes is 1. The molecule has 0 spiro atoms. The van der Waals surface area contributed by atoms with Crippen LogP contribution in [-0.4, -0.2) is 115 Å². The Hall–Kier alpha value is -0.730. The van der Waals surface area contributed by atoms with E-state index >= 15 is 0 Å². The van der Waals surface area contributed by atoms with Crippen molar-refractivity contribution in [1.29, 1.82) is 0 Å². The summed E-state index contributed by atoms with van der Waals surface area (Å²) >= 11 is 0. The van der Waals surface area contributed by atoms with Crippen LogP contribution >= 0.6 is 0 Å². The first-order valence-corrected chi connectivity index (χ1v) is 6.84. The molecule has 0 bridgehead atoms. The van der Waals surface area contributed by atoms with Crippen molar-refractivity contribution >= 4 is 6.29 Å². The summed E-state index contributed by atoms with van der Waals surface area (Å²) in [5.74, 6) is 0. The minimum atomic E-state index is -1.96. The molecule has 1 rings (SSSR count). The molecule has 1 aliphatic heterocycles. The summed E-state index contributed by atoms with van der Waals surface area (Å²) in [6.07, 6.45) is -15.3. The number of ether oxygens (including phenoxy) is 2. The molecule has 0 aromatic rings. The Morgan fingerprint density at radius 2 is 1.61 bits per heavy atom. The summed E-state index contributed by atoms with van der Waals surface area (Å²) in [6, 6.07) is 0. The maximum Gasteiger partial charge on any atom is 0.186 e. The molecular formula is C12H22O11. The maximum absolute atomic E-state index is 10.3. The van der Waals surface area contributed by atoms with Gasteiger partial charge in [0.1, 0.15) is 48.8 Å². The van der Waals surface area contributed by atoms with E-state index < -0.39 is 68.3 Å². The molecule has 0 saturated carbocycles. The summed E-state index contributed by atoms with van der Waals surface area (Å²) < 4.78 is 9.94. The van der Waals surface area contributed by atoms with E-state index in [0.717, 1.165) is 0 Å². The van der Waals surface area contributed by atoms with Crippen molar-refractivity contribution in [3.63, 3.8) is 0 Å². The number of carbonyl (C=O) groups is 1. The van der Waals surface area contributed by atoms with Gasteiger partial charge >= 0.3 is 0 Å². The number of hydrogen-bond acceptors (Lipinski definition) is 11. The van der Waals surface area contributed by atoms with Gasteiger partial charge in [-0.15, -0.1) is 0 Å². The van der Waals surface area contributed by atoms with Crippen molar-refractivity contribution in [2.24, 2.45) is 0 Å². The highest BCUT2D eigenvalue weighted by atomic mass is 16.7. The fourth-order valence-electron chi connectivity index (χ4n) is 2.01. The normalized spacial score (nSPS) is 37.0. The van der Waals surface area contributed by atoms with Gasteiger partial charge in [-0.25, -0.2) is 0 Å². The minimum absolute atomic E-state index is 0.0287. The molecule has 0 aromatic carbocycles. The molecule has 0 aliphatic carbocycles. The average Bonchev–Trinajstić information content (AvgIpc) is 2.56. The first-order valence-electron chi connectivity index (χ1n) is 6.84. The van der Waals surface area contributed by atoms with E-state index in [-0.39, 0.29) is 6.29 Å². The molecule has 1 heterocycles. The van der Waals surface area contributed by atoms with Crippen LogP contribution in [0, 0.1) is 0 Å². The van der Waals surface area contributed by atoms with Gasteiger partial charge in [-0.2, -0.15) is 0 Å². The molecule has 23 heavy (non-hydrogen) atoms. The van der Waals surface area contributed by atoms with Crippen LogP contribution in [0.3, 0.4) is 0 Å². The highest BCUT2D eigenvalue weighted by molar-refractivity contribution is 5.56. The second-order valence-corrected chi connectivity index (χ2v) is 5.21. The Morgan fingerprint density at radius 1 is 1.00 bits per heavy atom. The quantitative estimate of drug-likeness (QED) is 0.196. The van der Waals surface area contributed by atoms with Crippen molar-refractivity contribution in [3.8, 4) is 0 Å². The van der Waals surface area contributed by atoms with E-state index in [1.807, 2.05) is 0 Å². The lowest BCUT2D eigenvalue weighted by Gasteiger charge is -2.40. The van der Waals surface area contributed by atoms with E-state index in [2.05, 4.69) is 0 Å². The zero-order chi connectivity index (χ0) is 17.7. The fraction of sp³-hybridized carbons (Fsp3) is 0.917. The molecule has 0 unspecified atom stereocenters. The predicted octanol–water partition coefficient (Wildman–Crippen LogP) is -5.55. The van der Waals surface area contributed by atoms with Crippen LogP contribution in [0.5, 0.6) is 0 Å². The van der Waals surface area contributed by atoms with Gasteiger partial charge in [0.2, 0.25) is 0 Å². The van der Waals surface area contributed by atoms with Crippen LogP contribution in [-0.2, 0) is 14.3 Å². The number of hydrogen-bond donors (Lipinski definition) is 8.